The van der Waals surface area contributed by atoms with Crippen LogP contribution < -0.4 is 16.1 Å². The van der Waals surface area contributed by atoms with Gasteiger partial charge in [-0.05, 0) is 88.3 Å². The van der Waals surface area contributed by atoms with Crippen LogP contribution in [0.25, 0.3) is 11.0 Å². The number of halogens is 2. The SMILES string of the molecule is CC(C)(C)NC(=O)C1(C2CCCCC2)CCN(C(=O)[C@@H](Cc2ccc(Cl)cc2)NC(=O)c2cc(=O)c3cc(Cl)ccc3o2)CC1. The van der Waals surface area contributed by atoms with Crippen molar-refractivity contribution < 1.29 is 18.8 Å². The van der Waals surface area contributed by atoms with Crippen LogP contribution >= 0.6 is 23.2 Å². The first-order chi connectivity index (χ1) is 21.3. The molecule has 10 heteroatoms. The minimum atomic E-state index is -0.935. The Hall–Kier alpha value is -3.36. The van der Waals surface area contributed by atoms with Crippen molar-refractivity contribution in [1.29, 1.82) is 0 Å². The van der Waals surface area contributed by atoms with E-state index < -0.39 is 22.8 Å². The van der Waals surface area contributed by atoms with Crippen LogP contribution in [0.1, 0.15) is 81.8 Å². The Morgan fingerprint density at radius 2 is 1.60 bits per heavy atom. The van der Waals surface area contributed by atoms with Crippen LogP contribution in [0.5, 0.6) is 0 Å². The fourth-order valence-corrected chi connectivity index (χ4v) is 7.11. The molecule has 5 rings (SSSR count). The summed E-state index contributed by atoms with van der Waals surface area (Å²) in [4.78, 5) is 55.9. The van der Waals surface area contributed by atoms with Gasteiger partial charge in [0.05, 0.1) is 10.8 Å². The van der Waals surface area contributed by atoms with E-state index in [0.717, 1.165) is 37.3 Å². The minimum Gasteiger partial charge on any atom is -0.451 e. The van der Waals surface area contributed by atoms with Crippen molar-refractivity contribution in [3.8, 4) is 0 Å². The molecule has 0 spiro atoms. The fourth-order valence-electron chi connectivity index (χ4n) is 6.81. The van der Waals surface area contributed by atoms with E-state index in [-0.39, 0.29) is 46.4 Å². The molecule has 1 atom stereocenters. The van der Waals surface area contributed by atoms with Crippen LogP contribution in [0.15, 0.2) is 57.7 Å². The molecule has 45 heavy (non-hydrogen) atoms. The van der Waals surface area contributed by atoms with Gasteiger partial charge in [0.2, 0.25) is 11.8 Å². The van der Waals surface area contributed by atoms with Crippen LogP contribution in [0, 0.1) is 11.3 Å². The summed E-state index contributed by atoms with van der Waals surface area (Å²) in [5, 5.41) is 7.28. The van der Waals surface area contributed by atoms with Crippen LogP contribution in [0.3, 0.4) is 0 Å². The van der Waals surface area contributed by atoms with Crippen LogP contribution in [0.4, 0.5) is 0 Å². The molecule has 240 valence electrons. The van der Waals surface area contributed by atoms with Gasteiger partial charge < -0.3 is 20.0 Å². The number of hydrogen-bond donors (Lipinski definition) is 2. The highest BCUT2D eigenvalue weighted by Gasteiger charge is 2.49. The molecule has 2 N–H and O–H groups in total. The maximum atomic E-state index is 14.1. The van der Waals surface area contributed by atoms with E-state index >= 15 is 0 Å². The number of piperidine rings is 1. The number of carbonyl (C=O) groups is 3. The standard InChI is InChI=1S/C35H41Cl2N3O5/c1-34(2,3)39-33(44)35(23-7-5-4-6-8-23)15-17-40(18-16-35)32(43)27(19-22-9-11-24(36)12-10-22)38-31(42)30-21-28(41)26-20-25(37)13-14-29(26)45-30/h9-14,20-21,23,27H,4-8,15-19H2,1-3H3,(H,38,42)(H,39,44)/t27-/m1/s1. The lowest BCUT2D eigenvalue weighted by Crippen LogP contribution is -2.59. The topological polar surface area (TPSA) is 109 Å². The summed E-state index contributed by atoms with van der Waals surface area (Å²) in [7, 11) is 0. The molecule has 1 saturated heterocycles. The largest absolute Gasteiger partial charge is 0.451 e. The van der Waals surface area contributed by atoms with E-state index in [4.69, 9.17) is 27.6 Å². The van der Waals surface area contributed by atoms with E-state index in [2.05, 4.69) is 10.6 Å². The summed E-state index contributed by atoms with van der Waals surface area (Å²) >= 11 is 12.1. The lowest BCUT2D eigenvalue weighted by molar-refractivity contribution is -0.147. The van der Waals surface area contributed by atoms with Crippen molar-refractivity contribution in [3.05, 3.63) is 80.1 Å². The van der Waals surface area contributed by atoms with Crippen molar-refractivity contribution in [2.45, 2.75) is 83.7 Å². The number of nitrogens with zero attached hydrogens (tertiary/aromatic N) is 1. The van der Waals surface area contributed by atoms with Gasteiger partial charge in [-0.25, -0.2) is 0 Å². The van der Waals surface area contributed by atoms with Crippen molar-refractivity contribution in [1.82, 2.24) is 15.5 Å². The van der Waals surface area contributed by atoms with Gasteiger partial charge in [0.15, 0.2) is 11.2 Å². The van der Waals surface area contributed by atoms with Crippen LogP contribution in [0.2, 0.25) is 10.0 Å². The van der Waals surface area contributed by atoms with Gasteiger partial charge in [-0.15, -0.1) is 0 Å². The molecule has 1 aliphatic heterocycles. The maximum absolute atomic E-state index is 14.1. The predicted octanol–water partition coefficient (Wildman–Crippen LogP) is 6.54. The predicted molar refractivity (Wildman–Crippen MR) is 177 cm³/mol. The Bertz CT molecular complexity index is 1610. The second-order valence-electron chi connectivity index (χ2n) is 13.5. The molecule has 1 aliphatic carbocycles. The number of likely N-dealkylation sites (tertiary alicyclic amines) is 1. The van der Waals surface area contributed by atoms with Crippen molar-refractivity contribution in [3.63, 3.8) is 0 Å². The Labute approximate surface area is 273 Å². The summed E-state index contributed by atoms with van der Waals surface area (Å²) in [6.07, 6.45) is 6.80. The monoisotopic (exact) mass is 653 g/mol. The minimum absolute atomic E-state index is 0.0765. The number of rotatable bonds is 7. The Balaban J connectivity index is 1.38. The summed E-state index contributed by atoms with van der Waals surface area (Å²) in [6.45, 7) is 6.80. The highest BCUT2D eigenvalue weighted by atomic mass is 35.5. The maximum Gasteiger partial charge on any atom is 0.287 e. The molecule has 2 aromatic carbocycles. The summed E-state index contributed by atoms with van der Waals surface area (Å²) in [5.74, 6) is -0.762. The smallest absolute Gasteiger partial charge is 0.287 e. The molecular formula is C35H41Cl2N3O5. The van der Waals surface area contributed by atoms with E-state index in [1.165, 1.54) is 18.6 Å². The van der Waals surface area contributed by atoms with E-state index in [0.29, 0.717) is 36.0 Å². The van der Waals surface area contributed by atoms with Gasteiger partial charge in [-0.3, -0.25) is 19.2 Å². The molecule has 2 aliphatic rings. The molecule has 2 fully saturated rings. The number of fused-ring (bicyclic) bond motifs is 1. The third kappa shape index (κ3) is 7.72. The van der Waals surface area contributed by atoms with Gasteiger partial charge in [-0.2, -0.15) is 0 Å². The van der Waals surface area contributed by atoms with Gasteiger partial charge >= 0.3 is 0 Å². The first kappa shape index (κ1) is 33.0. The van der Waals surface area contributed by atoms with E-state index in [1.807, 2.05) is 32.9 Å². The highest BCUT2D eigenvalue weighted by molar-refractivity contribution is 6.31. The second-order valence-corrected chi connectivity index (χ2v) is 14.4. The third-order valence-corrected chi connectivity index (χ3v) is 9.65. The highest BCUT2D eigenvalue weighted by Crippen LogP contribution is 2.46. The fraction of sp³-hybridized carbons (Fsp3) is 0.486. The molecule has 3 amide bonds. The Kier molecular flexibility index (Phi) is 9.94. The summed E-state index contributed by atoms with van der Waals surface area (Å²) < 4.78 is 5.75. The first-order valence-electron chi connectivity index (χ1n) is 15.7. The zero-order valence-electron chi connectivity index (χ0n) is 26.1. The van der Waals surface area contributed by atoms with Gasteiger partial charge in [-0.1, -0.05) is 54.6 Å². The summed E-state index contributed by atoms with van der Waals surface area (Å²) in [5.41, 5.74) is -0.263. The van der Waals surface area contributed by atoms with Gasteiger partial charge in [0.25, 0.3) is 5.91 Å². The molecule has 3 aromatic rings. The lowest BCUT2D eigenvalue weighted by Gasteiger charge is -2.48. The molecule has 2 heterocycles. The van der Waals surface area contributed by atoms with E-state index in [9.17, 15) is 19.2 Å². The molecule has 8 nitrogen and oxygen atoms in total. The molecule has 1 aromatic heterocycles. The van der Waals surface area contributed by atoms with Gasteiger partial charge in [0.1, 0.15) is 11.6 Å². The number of amides is 3. The third-order valence-electron chi connectivity index (χ3n) is 9.16. The summed E-state index contributed by atoms with van der Waals surface area (Å²) in [6, 6.07) is 11.9. The number of hydrogen-bond acceptors (Lipinski definition) is 5. The van der Waals surface area contributed by atoms with Crippen molar-refractivity contribution >= 4 is 51.9 Å². The molecular weight excluding hydrogens is 613 g/mol. The van der Waals surface area contributed by atoms with Crippen LogP contribution in [-0.4, -0.2) is 47.3 Å². The quantitative estimate of drug-likeness (QED) is 0.301. The molecule has 0 unspecified atom stereocenters. The number of nitrogens with one attached hydrogen (secondary N) is 2. The molecule has 1 saturated carbocycles. The Morgan fingerprint density at radius 3 is 2.24 bits per heavy atom. The average Bonchev–Trinajstić information content (AvgIpc) is 3.01. The number of carbonyl (C=O) groups excluding carboxylic acids is 3. The zero-order valence-corrected chi connectivity index (χ0v) is 27.6. The van der Waals surface area contributed by atoms with Crippen molar-refractivity contribution in [2.75, 3.05) is 13.1 Å². The molecule has 0 radical (unpaired) electrons. The van der Waals surface area contributed by atoms with E-state index in [1.54, 1.807) is 23.1 Å². The van der Waals surface area contributed by atoms with Crippen LogP contribution in [-0.2, 0) is 16.0 Å². The average molecular weight is 655 g/mol. The van der Waals surface area contributed by atoms with Crippen molar-refractivity contribution in [2.24, 2.45) is 11.3 Å². The number of benzene rings is 2. The lowest BCUT2D eigenvalue weighted by atomic mass is 9.63. The normalized spacial score (nSPS) is 17.9. The first-order valence-corrected chi connectivity index (χ1v) is 16.5. The molecule has 0 bridgehead atoms. The second kappa shape index (κ2) is 13.6. The zero-order chi connectivity index (χ0) is 32.4. The Morgan fingerprint density at radius 1 is 0.956 bits per heavy atom. The van der Waals surface area contributed by atoms with Gasteiger partial charge in [0, 0.05) is 41.2 Å².